The second-order valence-electron chi connectivity index (χ2n) is 3.49. The fourth-order valence-electron chi connectivity index (χ4n) is 1.38. The van der Waals surface area contributed by atoms with E-state index < -0.39 is 0 Å². The highest BCUT2D eigenvalue weighted by Gasteiger charge is 2.12. The molecule has 2 aromatic rings. The Morgan fingerprint density at radius 2 is 2.06 bits per heavy atom. The van der Waals surface area contributed by atoms with Gasteiger partial charge in [0.15, 0.2) is 6.61 Å². The molecule has 0 saturated heterocycles. The van der Waals surface area contributed by atoms with Gasteiger partial charge in [0.05, 0.1) is 4.88 Å². The van der Waals surface area contributed by atoms with E-state index in [-0.39, 0.29) is 12.4 Å². The predicted molar refractivity (Wildman–Crippen MR) is 80.1 cm³/mol. The van der Waals surface area contributed by atoms with Gasteiger partial charge in [-0.05, 0) is 57.9 Å². The molecule has 18 heavy (non-hydrogen) atoms. The number of benzene rings is 1. The molecule has 0 N–H and O–H groups in total. The van der Waals surface area contributed by atoms with Crippen LogP contribution in [0.15, 0.2) is 45.1 Å². The number of hydrogen-bond donors (Lipinski definition) is 0. The summed E-state index contributed by atoms with van der Waals surface area (Å²) in [4.78, 5) is 13.8. The van der Waals surface area contributed by atoms with Crippen molar-refractivity contribution in [2.45, 2.75) is 4.90 Å². The topological polar surface area (TPSA) is 26.3 Å². The van der Waals surface area contributed by atoms with Crippen LogP contribution in [0.25, 0.3) is 0 Å². The minimum absolute atomic E-state index is 0.00850. The van der Waals surface area contributed by atoms with Crippen molar-refractivity contribution in [1.29, 1.82) is 0 Å². The van der Waals surface area contributed by atoms with E-state index >= 15 is 0 Å². The SMILES string of the molecule is CSc1ccc(OCC(=O)c2sccc2Br)cc1. The maximum atomic E-state index is 11.9. The Bertz CT molecular complexity index is 534. The van der Waals surface area contributed by atoms with E-state index in [1.54, 1.807) is 11.8 Å². The predicted octanol–water partition coefficient (Wildman–Crippen LogP) is 4.49. The summed E-state index contributed by atoms with van der Waals surface area (Å²) in [5.74, 6) is 0.708. The van der Waals surface area contributed by atoms with Gasteiger partial charge in [-0.25, -0.2) is 0 Å². The van der Waals surface area contributed by atoms with Gasteiger partial charge in [-0.2, -0.15) is 0 Å². The van der Waals surface area contributed by atoms with Crippen LogP contribution in [0.2, 0.25) is 0 Å². The van der Waals surface area contributed by atoms with Gasteiger partial charge >= 0.3 is 0 Å². The van der Waals surface area contributed by atoms with E-state index in [1.807, 2.05) is 42.0 Å². The highest BCUT2D eigenvalue weighted by Crippen LogP contribution is 2.24. The largest absolute Gasteiger partial charge is 0.485 e. The number of carbonyl (C=O) groups is 1. The summed E-state index contributed by atoms with van der Waals surface area (Å²) in [7, 11) is 0. The van der Waals surface area contributed by atoms with Crippen LogP contribution in [0.5, 0.6) is 5.75 Å². The zero-order valence-corrected chi connectivity index (χ0v) is 12.9. The average molecular weight is 343 g/mol. The summed E-state index contributed by atoms with van der Waals surface area (Å²) in [6.45, 7) is 0.0672. The molecule has 0 spiro atoms. The third-order valence-electron chi connectivity index (χ3n) is 2.30. The lowest BCUT2D eigenvalue weighted by molar-refractivity contribution is 0.0925. The molecule has 0 radical (unpaired) electrons. The highest BCUT2D eigenvalue weighted by molar-refractivity contribution is 9.10. The number of rotatable bonds is 5. The molecule has 0 bridgehead atoms. The van der Waals surface area contributed by atoms with Crippen LogP contribution < -0.4 is 4.74 Å². The van der Waals surface area contributed by atoms with Crippen LogP contribution in [-0.4, -0.2) is 18.6 Å². The fourth-order valence-corrected chi connectivity index (χ4v) is 3.31. The minimum atomic E-state index is -0.00850. The molecule has 5 heteroatoms. The van der Waals surface area contributed by atoms with E-state index in [1.165, 1.54) is 16.2 Å². The first-order valence-electron chi connectivity index (χ1n) is 5.24. The Morgan fingerprint density at radius 3 is 2.61 bits per heavy atom. The van der Waals surface area contributed by atoms with Crippen molar-refractivity contribution in [3.63, 3.8) is 0 Å². The fraction of sp³-hybridized carbons (Fsp3) is 0.154. The van der Waals surface area contributed by atoms with Crippen LogP contribution in [0.1, 0.15) is 9.67 Å². The van der Waals surface area contributed by atoms with Crippen LogP contribution in [0.4, 0.5) is 0 Å². The molecular formula is C13H11BrO2S2. The van der Waals surface area contributed by atoms with Crippen molar-refractivity contribution in [3.8, 4) is 5.75 Å². The highest BCUT2D eigenvalue weighted by atomic mass is 79.9. The second-order valence-corrected chi connectivity index (χ2v) is 6.14. The van der Waals surface area contributed by atoms with Gasteiger partial charge < -0.3 is 4.74 Å². The first-order chi connectivity index (χ1) is 8.70. The Morgan fingerprint density at radius 1 is 1.33 bits per heavy atom. The normalized spacial score (nSPS) is 10.3. The summed E-state index contributed by atoms with van der Waals surface area (Å²) < 4.78 is 6.31. The van der Waals surface area contributed by atoms with Gasteiger partial charge in [-0.3, -0.25) is 4.79 Å². The van der Waals surface area contributed by atoms with Gasteiger partial charge in [0.25, 0.3) is 0 Å². The Balaban J connectivity index is 1.95. The van der Waals surface area contributed by atoms with Gasteiger partial charge in [-0.1, -0.05) is 0 Å². The number of carbonyl (C=O) groups excluding carboxylic acids is 1. The number of ether oxygens (including phenoxy) is 1. The van der Waals surface area contributed by atoms with Crippen LogP contribution >= 0.6 is 39.0 Å². The molecule has 0 amide bonds. The summed E-state index contributed by atoms with van der Waals surface area (Å²) in [6.07, 6.45) is 2.02. The lowest BCUT2D eigenvalue weighted by Gasteiger charge is -2.05. The van der Waals surface area contributed by atoms with E-state index in [2.05, 4.69) is 15.9 Å². The van der Waals surface area contributed by atoms with E-state index in [9.17, 15) is 4.79 Å². The van der Waals surface area contributed by atoms with Crippen molar-refractivity contribution in [2.24, 2.45) is 0 Å². The van der Waals surface area contributed by atoms with Gasteiger partial charge in [0.1, 0.15) is 5.75 Å². The van der Waals surface area contributed by atoms with Gasteiger partial charge in [0.2, 0.25) is 5.78 Å². The van der Waals surface area contributed by atoms with Crippen molar-refractivity contribution in [1.82, 2.24) is 0 Å². The van der Waals surface area contributed by atoms with E-state index in [0.29, 0.717) is 10.6 Å². The van der Waals surface area contributed by atoms with Crippen LogP contribution in [0.3, 0.4) is 0 Å². The van der Waals surface area contributed by atoms with Crippen molar-refractivity contribution >= 4 is 44.8 Å². The number of hydrogen-bond acceptors (Lipinski definition) is 4. The first kappa shape index (κ1) is 13.6. The first-order valence-corrected chi connectivity index (χ1v) is 8.13. The molecule has 0 atom stereocenters. The molecular weight excluding hydrogens is 332 g/mol. The molecule has 1 heterocycles. The summed E-state index contributed by atoms with van der Waals surface area (Å²) >= 11 is 6.44. The number of halogens is 1. The van der Waals surface area contributed by atoms with E-state index in [0.717, 1.165) is 4.47 Å². The van der Waals surface area contributed by atoms with Crippen molar-refractivity contribution in [2.75, 3.05) is 12.9 Å². The molecule has 94 valence electrons. The van der Waals surface area contributed by atoms with Gasteiger partial charge in [0, 0.05) is 9.37 Å². The smallest absolute Gasteiger partial charge is 0.211 e. The zero-order valence-electron chi connectivity index (χ0n) is 9.68. The number of thiophene rings is 1. The third kappa shape index (κ3) is 3.37. The van der Waals surface area contributed by atoms with E-state index in [4.69, 9.17) is 4.74 Å². The maximum Gasteiger partial charge on any atom is 0.211 e. The molecule has 0 unspecified atom stereocenters. The second kappa shape index (κ2) is 6.41. The molecule has 1 aromatic carbocycles. The quantitative estimate of drug-likeness (QED) is 0.591. The summed E-state index contributed by atoms with van der Waals surface area (Å²) in [5.41, 5.74) is 0. The van der Waals surface area contributed by atoms with Gasteiger partial charge in [-0.15, -0.1) is 23.1 Å². The number of ketones is 1. The molecule has 0 saturated carbocycles. The maximum absolute atomic E-state index is 11.9. The number of Topliss-reactive ketones (excluding diaryl/α,β-unsaturated/α-hetero) is 1. The third-order valence-corrected chi connectivity index (χ3v) is 4.92. The Kier molecular flexibility index (Phi) is 4.86. The molecule has 0 fully saturated rings. The van der Waals surface area contributed by atoms with Crippen molar-refractivity contribution in [3.05, 3.63) is 45.1 Å². The lowest BCUT2D eigenvalue weighted by atomic mass is 10.3. The molecule has 0 aliphatic heterocycles. The lowest BCUT2D eigenvalue weighted by Crippen LogP contribution is -2.10. The molecule has 2 rings (SSSR count). The van der Waals surface area contributed by atoms with Crippen LogP contribution in [0, 0.1) is 0 Å². The molecule has 0 aliphatic rings. The number of thioether (sulfide) groups is 1. The van der Waals surface area contributed by atoms with Crippen molar-refractivity contribution < 1.29 is 9.53 Å². The average Bonchev–Trinajstić information content (AvgIpc) is 2.83. The Labute approximate surface area is 122 Å². The molecule has 0 aliphatic carbocycles. The monoisotopic (exact) mass is 342 g/mol. The molecule has 1 aromatic heterocycles. The zero-order chi connectivity index (χ0) is 13.0. The van der Waals surface area contributed by atoms with Crippen LogP contribution in [-0.2, 0) is 0 Å². The summed E-state index contributed by atoms with van der Waals surface area (Å²) in [5, 5.41) is 1.88. The minimum Gasteiger partial charge on any atom is -0.485 e. The standard InChI is InChI=1S/C13H11BrO2S2/c1-17-10-4-2-9(3-5-10)16-8-12(15)13-11(14)6-7-18-13/h2-7H,8H2,1H3. The summed E-state index contributed by atoms with van der Waals surface area (Å²) in [6, 6.07) is 9.58. The molecule has 2 nitrogen and oxygen atoms in total. The Hall–Kier alpha value is -0.780.